The standard InChI is InChI=1S/C19H17FN2OS/c1-23-16-7-3-6-14-13(16)8-9-15-17(21-19(24)22-18(14)15)11-4-2-5-12(20)10-11/h2-7,10,17H,8-9H2,1H3,(H2,21,22,24). The van der Waals surface area contributed by atoms with E-state index in [9.17, 15) is 4.39 Å². The van der Waals surface area contributed by atoms with Gasteiger partial charge in [-0.1, -0.05) is 24.3 Å². The fraction of sp³-hybridized carbons (Fsp3) is 0.211. The fourth-order valence-electron chi connectivity index (χ4n) is 3.58. The summed E-state index contributed by atoms with van der Waals surface area (Å²) in [4.78, 5) is 0. The van der Waals surface area contributed by atoms with E-state index in [0.717, 1.165) is 35.4 Å². The fourth-order valence-corrected chi connectivity index (χ4v) is 3.80. The average Bonchev–Trinajstić information content (AvgIpc) is 2.60. The number of hydrogen-bond donors (Lipinski definition) is 2. The zero-order valence-corrected chi connectivity index (χ0v) is 14.0. The Morgan fingerprint density at radius 2 is 2.00 bits per heavy atom. The van der Waals surface area contributed by atoms with Gasteiger partial charge in [0.15, 0.2) is 5.11 Å². The number of rotatable bonds is 2. The largest absolute Gasteiger partial charge is 0.496 e. The second-order valence-corrected chi connectivity index (χ2v) is 6.38. The molecule has 0 fully saturated rings. The summed E-state index contributed by atoms with van der Waals surface area (Å²) >= 11 is 5.39. The SMILES string of the molecule is COc1cccc2c1CCC1=C2NC(=S)NC1c1cccc(F)c1. The quantitative estimate of drug-likeness (QED) is 0.817. The van der Waals surface area contributed by atoms with Gasteiger partial charge in [-0.15, -0.1) is 0 Å². The summed E-state index contributed by atoms with van der Waals surface area (Å²) in [7, 11) is 1.69. The number of fused-ring (bicyclic) bond motifs is 2. The van der Waals surface area contributed by atoms with Crippen LogP contribution in [0.4, 0.5) is 4.39 Å². The summed E-state index contributed by atoms with van der Waals surface area (Å²) in [6.07, 6.45) is 1.76. The Kier molecular flexibility index (Phi) is 3.73. The second-order valence-electron chi connectivity index (χ2n) is 5.97. The van der Waals surface area contributed by atoms with E-state index < -0.39 is 0 Å². The van der Waals surface area contributed by atoms with Crippen molar-refractivity contribution in [2.24, 2.45) is 0 Å². The van der Waals surface area contributed by atoms with E-state index in [1.165, 1.54) is 17.2 Å². The molecule has 0 saturated heterocycles. The van der Waals surface area contributed by atoms with Crippen LogP contribution in [0.15, 0.2) is 48.0 Å². The minimum atomic E-state index is -0.237. The van der Waals surface area contributed by atoms with Crippen molar-refractivity contribution >= 4 is 23.0 Å². The van der Waals surface area contributed by atoms with Crippen molar-refractivity contribution in [2.75, 3.05) is 7.11 Å². The molecular weight excluding hydrogens is 323 g/mol. The van der Waals surface area contributed by atoms with Gasteiger partial charge in [-0.2, -0.15) is 0 Å². The number of hydrogen-bond acceptors (Lipinski definition) is 2. The van der Waals surface area contributed by atoms with Gasteiger partial charge in [0.25, 0.3) is 0 Å². The maximum absolute atomic E-state index is 13.7. The van der Waals surface area contributed by atoms with Crippen LogP contribution in [-0.4, -0.2) is 12.2 Å². The predicted octanol–water partition coefficient (Wildman–Crippen LogP) is 3.71. The zero-order valence-electron chi connectivity index (χ0n) is 13.2. The van der Waals surface area contributed by atoms with Crippen LogP contribution in [0, 0.1) is 5.82 Å². The normalized spacial score (nSPS) is 19.1. The summed E-state index contributed by atoms with van der Waals surface area (Å²) in [5.74, 6) is 0.659. The van der Waals surface area contributed by atoms with Crippen molar-refractivity contribution < 1.29 is 9.13 Å². The molecule has 0 bridgehead atoms. The molecule has 3 nitrogen and oxygen atoms in total. The first-order valence-corrected chi connectivity index (χ1v) is 8.30. The van der Waals surface area contributed by atoms with E-state index in [1.54, 1.807) is 19.2 Å². The van der Waals surface area contributed by atoms with Crippen LogP contribution >= 0.6 is 12.2 Å². The van der Waals surface area contributed by atoms with Crippen molar-refractivity contribution in [2.45, 2.75) is 18.9 Å². The third-order valence-electron chi connectivity index (χ3n) is 4.63. The van der Waals surface area contributed by atoms with E-state index in [2.05, 4.69) is 16.7 Å². The van der Waals surface area contributed by atoms with E-state index in [0.29, 0.717) is 5.11 Å². The molecular formula is C19H17FN2OS. The van der Waals surface area contributed by atoms with E-state index in [-0.39, 0.29) is 11.9 Å². The summed E-state index contributed by atoms with van der Waals surface area (Å²) in [5.41, 5.74) is 5.41. The highest BCUT2D eigenvalue weighted by Crippen LogP contribution is 2.41. The third kappa shape index (κ3) is 2.45. The molecule has 1 unspecified atom stereocenters. The van der Waals surface area contributed by atoms with Gasteiger partial charge in [0, 0.05) is 16.8 Å². The molecule has 24 heavy (non-hydrogen) atoms. The lowest BCUT2D eigenvalue weighted by Gasteiger charge is -2.36. The van der Waals surface area contributed by atoms with Crippen LogP contribution in [0.2, 0.25) is 0 Å². The lowest BCUT2D eigenvalue weighted by Crippen LogP contribution is -2.44. The van der Waals surface area contributed by atoms with Gasteiger partial charge in [0.05, 0.1) is 13.2 Å². The molecule has 4 rings (SSSR count). The summed E-state index contributed by atoms with van der Waals surface area (Å²) in [6, 6.07) is 12.6. The van der Waals surface area contributed by atoms with Gasteiger partial charge < -0.3 is 15.4 Å². The van der Waals surface area contributed by atoms with Crippen molar-refractivity contribution in [3.63, 3.8) is 0 Å². The smallest absolute Gasteiger partial charge is 0.171 e. The molecule has 2 N–H and O–H groups in total. The van der Waals surface area contributed by atoms with Gasteiger partial charge in [-0.25, -0.2) is 4.39 Å². The minimum Gasteiger partial charge on any atom is -0.496 e. The van der Waals surface area contributed by atoms with Crippen molar-refractivity contribution in [3.8, 4) is 5.75 Å². The number of nitrogens with one attached hydrogen (secondary N) is 2. The molecule has 1 aliphatic heterocycles. The van der Waals surface area contributed by atoms with Crippen molar-refractivity contribution in [1.82, 2.24) is 10.6 Å². The highest BCUT2D eigenvalue weighted by atomic mass is 32.1. The van der Waals surface area contributed by atoms with Crippen LogP contribution in [0.1, 0.15) is 29.2 Å². The van der Waals surface area contributed by atoms with E-state index in [4.69, 9.17) is 17.0 Å². The summed E-state index contributed by atoms with van der Waals surface area (Å²) in [5, 5.41) is 7.13. The number of benzene rings is 2. The lowest BCUT2D eigenvalue weighted by molar-refractivity contribution is 0.408. The first-order valence-electron chi connectivity index (χ1n) is 7.89. The molecule has 0 amide bonds. The molecule has 2 aromatic carbocycles. The maximum Gasteiger partial charge on any atom is 0.171 e. The Balaban J connectivity index is 1.86. The monoisotopic (exact) mass is 340 g/mol. The van der Waals surface area contributed by atoms with Crippen LogP contribution < -0.4 is 15.4 Å². The van der Waals surface area contributed by atoms with Crippen LogP contribution in [0.3, 0.4) is 0 Å². The molecule has 122 valence electrons. The molecule has 5 heteroatoms. The van der Waals surface area contributed by atoms with Gasteiger partial charge in [0.2, 0.25) is 0 Å². The Hall–Kier alpha value is -2.40. The molecule has 0 saturated carbocycles. The summed E-state index contributed by atoms with van der Waals surface area (Å²) < 4.78 is 19.2. The van der Waals surface area contributed by atoms with Gasteiger partial charge in [-0.05, 0) is 54.4 Å². The Labute approximate surface area is 145 Å². The minimum absolute atomic E-state index is 0.108. The molecule has 0 spiro atoms. The molecule has 1 aliphatic carbocycles. The van der Waals surface area contributed by atoms with E-state index >= 15 is 0 Å². The van der Waals surface area contributed by atoms with Gasteiger partial charge in [-0.3, -0.25) is 0 Å². The zero-order chi connectivity index (χ0) is 16.7. The summed E-state index contributed by atoms with van der Waals surface area (Å²) in [6.45, 7) is 0. The molecule has 0 radical (unpaired) electrons. The molecule has 2 aromatic rings. The van der Waals surface area contributed by atoms with Crippen LogP contribution in [0.25, 0.3) is 5.70 Å². The molecule has 0 aromatic heterocycles. The molecule has 2 aliphatic rings. The molecule has 1 heterocycles. The average molecular weight is 340 g/mol. The number of ether oxygens (including phenoxy) is 1. The Bertz CT molecular complexity index is 862. The van der Waals surface area contributed by atoms with Gasteiger partial charge >= 0.3 is 0 Å². The number of thiocarbonyl (C=S) groups is 1. The van der Waals surface area contributed by atoms with Crippen LogP contribution in [-0.2, 0) is 6.42 Å². The topological polar surface area (TPSA) is 33.3 Å². The first-order chi connectivity index (χ1) is 11.7. The van der Waals surface area contributed by atoms with Gasteiger partial charge in [0.1, 0.15) is 11.6 Å². The Morgan fingerprint density at radius 3 is 2.79 bits per heavy atom. The number of methoxy groups -OCH3 is 1. The van der Waals surface area contributed by atoms with Crippen LogP contribution in [0.5, 0.6) is 5.75 Å². The van der Waals surface area contributed by atoms with Crippen molar-refractivity contribution in [3.05, 3.63) is 70.5 Å². The first kappa shape index (κ1) is 15.1. The van der Waals surface area contributed by atoms with Crippen molar-refractivity contribution in [1.29, 1.82) is 0 Å². The highest BCUT2D eigenvalue weighted by molar-refractivity contribution is 7.80. The highest BCUT2D eigenvalue weighted by Gasteiger charge is 2.31. The Morgan fingerprint density at radius 1 is 1.17 bits per heavy atom. The maximum atomic E-state index is 13.7. The number of halogens is 1. The lowest BCUT2D eigenvalue weighted by atomic mass is 9.82. The molecule has 1 atom stereocenters. The third-order valence-corrected chi connectivity index (χ3v) is 4.85. The second kappa shape index (κ2) is 5.91. The predicted molar refractivity (Wildman–Crippen MR) is 96.2 cm³/mol. The van der Waals surface area contributed by atoms with E-state index in [1.807, 2.05) is 18.2 Å².